The fourth-order valence-corrected chi connectivity index (χ4v) is 3.40. The number of hydrogen-bond donors (Lipinski definition) is 4. The summed E-state index contributed by atoms with van der Waals surface area (Å²) in [6, 6.07) is 19.4. The van der Waals surface area contributed by atoms with Gasteiger partial charge in [-0.25, -0.2) is 4.79 Å². The number of rotatable bonds is 8. The van der Waals surface area contributed by atoms with E-state index in [0.717, 1.165) is 5.56 Å². The van der Waals surface area contributed by atoms with Crippen LogP contribution < -0.4 is 21.3 Å². The third-order valence-electron chi connectivity index (χ3n) is 5.19. The Bertz CT molecular complexity index is 1180. The lowest BCUT2D eigenvalue weighted by Gasteiger charge is -2.19. The molecule has 4 amide bonds. The molecule has 0 bridgehead atoms. The number of anilines is 2. The molecule has 0 heterocycles. The van der Waals surface area contributed by atoms with Gasteiger partial charge in [0, 0.05) is 28.5 Å². The van der Waals surface area contributed by atoms with Crippen molar-refractivity contribution in [2.75, 3.05) is 17.2 Å². The number of benzene rings is 3. The topological polar surface area (TPSA) is 99.3 Å². The lowest BCUT2D eigenvalue weighted by atomic mass is 10.0. The number of urea groups is 1. The van der Waals surface area contributed by atoms with Gasteiger partial charge >= 0.3 is 6.03 Å². The average Bonchev–Trinajstić information content (AvgIpc) is 2.84. The predicted molar refractivity (Wildman–Crippen MR) is 140 cm³/mol. The zero-order valence-electron chi connectivity index (χ0n) is 19.9. The highest BCUT2D eigenvalue weighted by Crippen LogP contribution is 2.22. The van der Waals surface area contributed by atoms with Crippen LogP contribution in [-0.4, -0.2) is 24.4 Å². The molecule has 3 rings (SSSR count). The minimum Gasteiger partial charge on any atom is -0.338 e. The van der Waals surface area contributed by atoms with E-state index in [9.17, 15) is 14.4 Å². The van der Waals surface area contributed by atoms with Gasteiger partial charge < -0.3 is 21.3 Å². The number of hydrogen-bond acceptors (Lipinski definition) is 3. The molecule has 0 radical (unpaired) electrons. The minimum absolute atomic E-state index is 0.312. The largest absolute Gasteiger partial charge is 0.338 e. The Kier molecular flexibility index (Phi) is 8.86. The maximum atomic E-state index is 13.1. The van der Waals surface area contributed by atoms with Crippen LogP contribution in [0.5, 0.6) is 0 Å². The van der Waals surface area contributed by atoms with E-state index in [1.807, 2.05) is 32.9 Å². The Morgan fingerprint density at radius 1 is 0.857 bits per heavy atom. The van der Waals surface area contributed by atoms with Gasteiger partial charge in [0.2, 0.25) is 0 Å². The average molecular weight is 493 g/mol. The first-order valence-electron chi connectivity index (χ1n) is 11.3. The van der Waals surface area contributed by atoms with Crippen LogP contribution in [0, 0.1) is 12.8 Å². The van der Waals surface area contributed by atoms with Crippen LogP contribution in [0.2, 0.25) is 5.02 Å². The first-order chi connectivity index (χ1) is 16.7. The number of carbonyl (C=O) groups is 3. The summed E-state index contributed by atoms with van der Waals surface area (Å²) < 4.78 is 0. The van der Waals surface area contributed by atoms with E-state index in [-0.39, 0.29) is 6.03 Å². The van der Waals surface area contributed by atoms with Gasteiger partial charge in [-0.3, -0.25) is 9.59 Å². The van der Waals surface area contributed by atoms with E-state index in [0.29, 0.717) is 40.0 Å². The SMILES string of the molecule is Cc1ccc(NC(=O)C(NC(=O)c2ccc(NC(=O)NCC(C)C)cc2)c2ccccc2)cc1Cl. The third kappa shape index (κ3) is 7.58. The number of aryl methyl sites for hydroxylation is 1. The summed E-state index contributed by atoms with van der Waals surface area (Å²) in [4.78, 5) is 38.1. The van der Waals surface area contributed by atoms with Gasteiger partial charge in [0.15, 0.2) is 0 Å². The fourth-order valence-electron chi connectivity index (χ4n) is 3.22. The Labute approximate surface area is 210 Å². The Morgan fingerprint density at radius 2 is 1.51 bits per heavy atom. The van der Waals surface area contributed by atoms with Crippen molar-refractivity contribution in [3.63, 3.8) is 0 Å². The van der Waals surface area contributed by atoms with Gasteiger partial charge in [-0.2, -0.15) is 0 Å². The molecule has 7 nitrogen and oxygen atoms in total. The molecule has 0 aliphatic heterocycles. The predicted octanol–water partition coefficient (Wildman–Crippen LogP) is 5.54. The van der Waals surface area contributed by atoms with Crippen molar-refractivity contribution >= 4 is 40.8 Å². The van der Waals surface area contributed by atoms with Crippen LogP contribution in [0.1, 0.15) is 41.4 Å². The van der Waals surface area contributed by atoms with Crippen molar-refractivity contribution in [1.29, 1.82) is 0 Å². The first-order valence-corrected chi connectivity index (χ1v) is 11.7. The van der Waals surface area contributed by atoms with Gasteiger partial charge in [-0.15, -0.1) is 0 Å². The summed E-state index contributed by atoms with van der Waals surface area (Å²) in [5, 5.41) is 11.7. The lowest BCUT2D eigenvalue weighted by molar-refractivity contribution is -0.118. The molecule has 8 heteroatoms. The fraction of sp³-hybridized carbons (Fsp3) is 0.222. The molecule has 0 spiro atoms. The Morgan fingerprint density at radius 3 is 2.14 bits per heavy atom. The normalized spacial score (nSPS) is 11.5. The van der Waals surface area contributed by atoms with Gasteiger partial charge in [0.25, 0.3) is 11.8 Å². The molecule has 3 aromatic rings. The van der Waals surface area contributed by atoms with Crippen LogP contribution >= 0.6 is 11.6 Å². The molecule has 0 saturated carbocycles. The zero-order valence-corrected chi connectivity index (χ0v) is 20.6. The molecule has 0 aliphatic carbocycles. The zero-order chi connectivity index (χ0) is 25.4. The van der Waals surface area contributed by atoms with E-state index < -0.39 is 17.9 Å². The van der Waals surface area contributed by atoms with Crippen molar-refractivity contribution in [3.05, 3.63) is 94.5 Å². The highest BCUT2D eigenvalue weighted by atomic mass is 35.5. The molecule has 3 aromatic carbocycles. The quantitative estimate of drug-likeness (QED) is 0.332. The first kappa shape index (κ1) is 25.8. The smallest absolute Gasteiger partial charge is 0.319 e. The molecule has 182 valence electrons. The molecule has 4 N–H and O–H groups in total. The van der Waals surface area contributed by atoms with Crippen LogP contribution in [0.15, 0.2) is 72.8 Å². The summed E-state index contributed by atoms with van der Waals surface area (Å²) >= 11 is 6.18. The molecule has 1 atom stereocenters. The van der Waals surface area contributed by atoms with Gasteiger partial charge in [0.05, 0.1) is 0 Å². The van der Waals surface area contributed by atoms with Crippen molar-refractivity contribution in [1.82, 2.24) is 10.6 Å². The number of amides is 4. The lowest BCUT2D eigenvalue weighted by Crippen LogP contribution is -2.37. The van der Waals surface area contributed by atoms with Crippen molar-refractivity contribution in [3.8, 4) is 0 Å². The Balaban J connectivity index is 1.71. The van der Waals surface area contributed by atoms with E-state index >= 15 is 0 Å². The van der Waals surface area contributed by atoms with Crippen LogP contribution in [-0.2, 0) is 4.79 Å². The molecule has 0 aromatic heterocycles. The Hall–Kier alpha value is -3.84. The summed E-state index contributed by atoms with van der Waals surface area (Å²) in [5.41, 5.74) is 2.97. The summed E-state index contributed by atoms with van der Waals surface area (Å²) in [5.74, 6) is -0.485. The number of nitrogens with one attached hydrogen (secondary N) is 4. The van der Waals surface area contributed by atoms with E-state index in [1.54, 1.807) is 60.7 Å². The number of halogens is 1. The second kappa shape index (κ2) is 12.0. The summed E-state index contributed by atoms with van der Waals surface area (Å²) in [6.07, 6.45) is 0. The third-order valence-corrected chi connectivity index (χ3v) is 5.59. The van der Waals surface area contributed by atoms with E-state index in [1.165, 1.54) is 0 Å². The van der Waals surface area contributed by atoms with E-state index in [2.05, 4.69) is 21.3 Å². The molecule has 0 saturated heterocycles. The van der Waals surface area contributed by atoms with Gasteiger partial charge in [0.1, 0.15) is 6.04 Å². The monoisotopic (exact) mass is 492 g/mol. The highest BCUT2D eigenvalue weighted by Gasteiger charge is 2.23. The molecule has 35 heavy (non-hydrogen) atoms. The maximum absolute atomic E-state index is 13.1. The van der Waals surface area contributed by atoms with Crippen LogP contribution in [0.4, 0.5) is 16.2 Å². The van der Waals surface area contributed by atoms with Gasteiger partial charge in [-0.05, 0) is 60.4 Å². The van der Waals surface area contributed by atoms with Crippen molar-refractivity contribution in [2.24, 2.45) is 5.92 Å². The maximum Gasteiger partial charge on any atom is 0.319 e. The molecule has 1 unspecified atom stereocenters. The molecular formula is C27H29ClN4O3. The summed E-state index contributed by atoms with van der Waals surface area (Å²) in [6.45, 7) is 6.45. The highest BCUT2D eigenvalue weighted by molar-refractivity contribution is 6.31. The van der Waals surface area contributed by atoms with Crippen LogP contribution in [0.25, 0.3) is 0 Å². The molecular weight excluding hydrogens is 464 g/mol. The number of carbonyl (C=O) groups excluding carboxylic acids is 3. The van der Waals surface area contributed by atoms with Crippen molar-refractivity contribution in [2.45, 2.75) is 26.8 Å². The standard InChI is InChI=1S/C27H29ClN4O3/c1-17(2)16-29-27(35)31-21-13-10-20(11-14-21)25(33)32-24(19-7-5-4-6-8-19)26(34)30-22-12-9-18(3)23(28)15-22/h4-15,17,24H,16H2,1-3H3,(H,30,34)(H,32,33)(H2,29,31,35). The summed E-state index contributed by atoms with van der Waals surface area (Å²) in [7, 11) is 0. The van der Waals surface area contributed by atoms with E-state index in [4.69, 9.17) is 11.6 Å². The minimum atomic E-state index is -0.927. The molecule has 0 aliphatic rings. The molecule has 0 fully saturated rings. The van der Waals surface area contributed by atoms with Gasteiger partial charge in [-0.1, -0.05) is 61.8 Å². The second-order valence-corrected chi connectivity index (χ2v) is 8.98. The van der Waals surface area contributed by atoms with Crippen LogP contribution in [0.3, 0.4) is 0 Å². The second-order valence-electron chi connectivity index (χ2n) is 8.58. The van der Waals surface area contributed by atoms with Crippen molar-refractivity contribution < 1.29 is 14.4 Å².